The van der Waals surface area contributed by atoms with Crippen molar-refractivity contribution in [3.63, 3.8) is 0 Å². The van der Waals surface area contributed by atoms with Gasteiger partial charge in [0.2, 0.25) is 10.0 Å². The number of fused-ring (bicyclic) bond motifs is 8. The lowest BCUT2D eigenvalue weighted by Crippen LogP contribution is -2.59. The number of carbonyl (C=O) groups is 1. The van der Waals surface area contributed by atoms with Gasteiger partial charge in [0.1, 0.15) is 5.75 Å². The number of sulfonamides is 1. The third kappa shape index (κ3) is 6.52. The van der Waals surface area contributed by atoms with Crippen molar-refractivity contribution in [2.24, 2.45) is 16.7 Å². The van der Waals surface area contributed by atoms with Crippen LogP contribution in [-0.4, -0.2) is 83.8 Å². The molecule has 4 bridgehead atoms. The largest absolute Gasteiger partial charge is 0.490 e. The van der Waals surface area contributed by atoms with Crippen LogP contribution in [0, 0.1) is 16.7 Å². The van der Waals surface area contributed by atoms with E-state index in [1.807, 2.05) is 39.2 Å². The Hall–Kier alpha value is -2.63. The highest BCUT2D eigenvalue weighted by molar-refractivity contribution is 7.90. The maximum atomic E-state index is 13.6. The molecule has 1 saturated heterocycles. The normalized spacial score (nSPS) is 36.6. The molecule has 9 nitrogen and oxygen atoms in total. The van der Waals surface area contributed by atoms with Gasteiger partial charge >= 0.3 is 0 Å². The second-order valence-electron chi connectivity index (χ2n) is 16.1. The van der Waals surface area contributed by atoms with Crippen molar-refractivity contribution in [2.75, 3.05) is 51.9 Å². The van der Waals surface area contributed by atoms with Crippen LogP contribution in [0.25, 0.3) is 0 Å². The van der Waals surface area contributed by atoms with Gasteiger partial charge in [0.15, 0.2) is 6.29 Å². The minimum Gasteiger partial charge on any atom is -0.490 e. The van der Waals surface area contributed by atoms with Crippen LogP contribution in [0.2, 0.25) is 5.02 Å². The van der Waals surface area contributed by atoms with E-state index in [1.54, 1.807) is 13.0 Å². The van der Waals surface area contributed by atoms with Crippen molar-refractivity contribution in [1.29, 1.82) is 0 Å². The topological polar surface area (TPSA) is 97.4 Å². The Labute approximate surface area is 296 Å². The summed E-state index contributed by atoms with van der Waals surface area (Å²) in [6.45, 7) is 9.05. The molecule has 2 aromatic rings. The second kappa shape index (κ2) is 12.9. The minimum absolute atomic E-state index is 0.0900. The van der Waals surface area contributed by atoms with Gasteiger partial charge in [-0.3, -0.25) is 4.79 Å². The predicted molar refractivity (Wildman–Crippen MR) is 192 cm³/mol. The zero-order chi connectivity index (χ0) is 34.8. The van der Waals surface area contributed by atoms with Crippen LogP contribution in [0.4, 0.5) is 5.69 Å². The summed E-state index contributed by atoms with van der Waals surface area (Å²) >= 11 is 6.46. The van der Waals surface area contributed by atoms with Crippen LogP contribution in [0.15, 0.2) is 48.6 Å². The number of nitrogens with zero attached hydrogens (tertiary/aromatic N) is 2. The van der Waals surface area contributed by atoms with Crippen LogP contribution >= 0.6 is 11.6 Å². The van der Waals surface area contributed by atoms with E-state index in [2.05, 4.69) is 45.7 Å². The van der Waals surface area contributed by atoms with E-state index in [0.29, 0.717) is 44.1 Å². The van der Waals surface area contributed by atoms with Gasteiger partial charge in [0, 0.05) is 34.5 Å². The molecule has 4 aliphatic heterocycles. The Morgan fingerprint density at radius 2 is 1.80 bits per heavy atom. The summed E-state index contributed by atoms with van der Waals surface area (Å²) in [5.41, 5.74) is 2.94. The smallest absolute Gasteiger partial charge is 0.264 e. The van der Waals surface area contributed by atoms with Crippen LogP contribution in [0.5, 0.6) is 5.75 Å². The highest BCUT2D eigenvalue weighted by Crippen LogP contribution is 2.60. The fraction of sp³-hybridized carbons (Fsp3) is 0.605. The lowest BCUT2D eigenvalue weighted by Gasteiger charge is -2.58. The zero-order valence-electron chi connectivity index (χ0n) is 29.3. The first-order valence-corrected chi connectivity index (χ1v) is 19.6. The quantitative estimate of drug-likeness (QED) is 0.382. The molecule has 2 aliphatic carbocycles. The number of amides is 1. The summed E-state index contributed by atoms with van der Waals surface area (Å²) in [5.74, 6) is -0.148. The molecule has 0 aromatic heterocycles. The average Bonchev–Trinajstić information content (AvgIpc) is 3.19. The number of hydrogen-bond acceptors (Lipinski definition) is 8. The number of carbonyl (C=O) groups excluding carboxylic acids is 1. The van der Waals surface area contributed by atoms with E-state index in [1.165, 1.54) is 11.1 Å². The molecule has 6 aliphatic rings. The number of ether oxygens (including phenoxy) is 3. The van der Waals surface area contributed by atoms with E-state index < -0.39 is 21.2 Å². The fourth-order valence-electron chi connectivity index (χ4n) is 9.13. The summed E-state index contributed by atoms with van der Waals surface area (Å²) in [4.78, 5) is 18.1. The maximum Gasteiger partial charge on any atom is 0.264 e. The molecule has 1 spiro atoms. The van der Waals surface area contributed by atoms with Gasteiger partial charge in [-0.05, 0) is 112 Å². The number of benzene rings is 2. The number of hydrogen-bond donors (Lipinski definition) is 1. The standard InChI is InChI=1S/C38H50ClN3O6S/c1-25-8-6-14-37(35-46-18-30(19-47-35)41(4)5)20-36(3,21-37)22-42-23-38(15-7-9-27-16-29(39)11-12-31(27)38)24-48-33-13-10-28(17-32(33)42)34(43)40-49(44,45)26(25)2/h6,10-14,16-17,25-26,30,35H,7-9,15,18-24H2,1-5H3,(H,40,43)/b14-6+/t25-,26+,30?,35?,36?,37?,38-/m0/s1. The molecule has 11 heteroatoms. The molecule has 8 rings (SSSR count). The number of rotatable bonds is 2. The lowest BCUT2D eigenvalue weighted by atomic mass is 9.52. The van der Waals surface area contributed by atoms with Crippen LogP contribution in [-0.2, 0) is 31.3 Å². The molecule has 1 saturated carbocycles. The van der Waals surface area contributed by atoms with Gasteiger partial charge in [0.25, 0.3) is 5.91 Å². The first kappa shape index (κ1) is 34.8. The molecule has 0 unspecified atom stereocenters. The first-order chi connectivity index (χ1) is 23.2. The molecule has 2 aromatic carbocycles. The minimum atomic E-state index is -3.94. The SMILES string of the molecule is C[C@@H]1[C@@H](C)C/C=C/C2(C3OCC(N(C)C)CO3)CC(C)(CN3C[C@@]4(CCCc5cc(Cl)ccc54)COc4ccc(cc43)C(=O)NS1(=O)=O)C2. The molecule has 49 heavy (non-hydrogen) atoms. The number of allylic oxidation sites excluding steroid dienone is 1. The summed E-state index contributed by atoms with van der Waals surface area (Å²) < 4.78 is 48.9. The monoisotopic (exact) mass is 711 g/mol. The van der Waals surface area contributed by atoms with Crippen molar-refractivity contribution in [2.45, 2.75) is 82.3 Å². The summed E-state index contributed by atoms with van der Waals surface area (Å²) in [5, 5.41) is -0.0385. The Balaban J connectivity index is 1.29. The summed E-state index contributed by atoms with van der Waals surface area (Å²) in [6, 6.07) is 11.7. The van der Waals surface area contributed by atoms with Crippen molar-refractivity contribution >= 4 is 33.2 Å². The van der Waals surface area contributed by atoms with E-state index in [-0.39, 0.29) is 34.5 Å². The molecule has 3 atom stereocenters. The van der Waals surface area contributed by atoms with Gasteiger partial charge in [0.05, 0.1) is 36.8 Å². The Kier molecular flexibility index (Phi) is 9.13. The number of nitrogens with one attached hydrogen (secondary N) is 1. The fourth-order valence-corrected chi connectivity index (χ4v) is 10.6. The predicted octanol–water partition coefficient (Wildman–Crippen LogP) is 5.95. The lowest BCUT2D eigenvalue weighted by molar-refractivity contribution is -0.272. The van der Waals surface area contributed by atoms with Gasteiger partial charge in [-0.1, -0.05) is 43.7 Å². The van der Waals surface area contributed by atoms with Crippen molar-refractivity contribution in [3.05, 3.63) is 70.3 Å². The van der Waals surface area contributed by atoms with Crippen LogP contribution < -0.4 is 14.4 Å². The summed E-state index contributed by atoms with van der Waals surface area (Å²) in [7, 11) is 0.144. The van der Waals surface area contributed by atoms with E-state index in [9.17, 15) is 13.2 Å². The molecule has 0 radical (unpaired) electrons. The molecule has 266 valence electrons. The highest BCUT2D eigenvalue weighted by Gasteiger charge is 2.57. The Bertz CT molecular complexity index is 1730. The third-order valence-electron chi connectivity index (χ3n) is 11.9. The van der Waals surface area contributed by atoms with Crippen molar-refractivity contribution in [3.8, 4) is 5.75 Å². The van der Waals surface area contributed by atoms with Gasteiger partial charge in [-0.2, -0.15) is 0 Å². The van der Waals surface area contributed by atoms with E-state index in [4.69, 9.17) is 25.8 Å². The van der Waals surface area contributed by atoms with Gasteiger partial charge in [-0.25, -0.2) is 13.1 Å². The van der Waals surface area contributed by atoms with Gasteiger partial charge in [-0.15, -0.1) is 0 Å². The average molecular weight is 712 g/mol. The number of likely N-dealkylation sites (N-methyl/N-ethyl adjacent to an activating group) is 1. The zero-order valence-corrected chi connectivity index (χ0v) is 30.9. The molecule has 1 N–H and O–H groups in total. The van der Waals surface area contributed by atoms with E-state index >= 15 is 0 Å². The van der Waals surface area contributed by atoms with Crippen molar-refractivity contribution in [1.82, 2.24) is 9.62 Å². The number of aryl methyl sites for hydroxylation is 1. The molecule has 4 heterocycles. The van der Waals surface area contributed by atoms with Crippen LogP contribution in [0.1, 0.15) is 74.4 Å². The Morgan fingerprint density at radius 1 is 1.04 bits per heavy atom. The number of anilines is 1. The first-order valence-electron chi connectivity index (χ1n) is 17.7. The summed E-state index contributed by atoms with van der Waals surface area (Å²) in [6.07, 6.45) is 9.18. The highest BCUT2D eigenvalue weighted by atomic mass is 35.5. The molecular weight excluding hydrogens is 662 g/mol. The molecule has 2 fully saturated rings. The van der Waals surface area contributed by atoms with Crippen LogP contribution in [0.3, 0.4) is 0 Å². The second-order valence-corrected chi connectivity index (χ2v) is 18.5. The van der Waals surface area contributed by atoms with Crippen molar-refractivity contribution < 1.29 is 27.4 Å². The molecule has 1 amide bonds. The third-order valence-corrected chi connectivity index (χ3v) is 14.1. The van der Waals surface area contributed by atoms with E-state index in [0.717, 1.165) is 49.4 Å². The number of halogens is 1. The van der Waals surface area contributed by atoms with Gasteiger partial charge < -0.3 is 24.0 Å². The molecular formula is C38H50ClN3O6S. The maximum absolute atomic E-state index is 13.6. The Morgan fingerprint density at radius 3 is 2.53 bits per heavy atom.